The lowest BCUT2D eigenvalue weighted by Gasteiger charge is -2.47. The van der Waals surface area contributed by atoms with Crippen LogP contribution in [-0.4, -0.2) is 37.7 Å². The van der Waals surface area contributed by atoms with Crippen LogP contribution < -0.4 is 10.4 Å². The van der Waals surface area contributed by atoms with Crippen molar-refractivity contribution in [2.24, 2.45) is 29.1 Å². The molecule has 0 radical (unpaired) electrons. The Morgan fingerprint density at radius 3 is 1.93 bits per heavy atom. The fourth-order valence-corrected chi connectivity index (χ4v) is 12.1. The van der Waals surface area contributed by atoms with E-state index in [1.807, 2.05) is 26.8 Å². The molecule has 3 rings (SSSR count). The highest BCUT2D eigenvalue weighted by Gasteiger charge is 2.52. The number of esters is 1. The Bertz CT molecular complexity index is 1260. The first-order valence-electron chi connectivity index (χ1n) is 17.1. The van der Waals surface area contributed by atoms with Crippen LogP contribution in [0.25, 0.3) is 0 Å². The number of hydrogen-bond acceptors (Lipinski definition) is 4. The summed E-state index contributed by atoms with van der Waals surface area (Å²) in [4.78, 5) is 13.1. The zero-order chi connectivity index (χ0) is 34.3. The Morgan fingerprint density at radius 1 is 0.957 bits per heavy atom. The van der Waals surface area contributed by atoms with Gasteiger partial charge in [-0.1, -0.05) is 119 Å². The average molecular weight is 645 g/mol. The summed E-state index contributed by atoms with van der Waals surface area (Å²) in [5.41, 5.74) is 0.674. The third-order valence-corrected chi connectivity index (χ3v) is 15.0. The van der Waals surface area contributed by atoms with Crippen molar-refractivity contribution in [3.63, 3.8) is 0 Å². The second-order valence-corrected chi connectivity index (χ2v) is 19.9. The molecule has 6 atom stereocenters. The highest BCUT2D eigenvalue weighted by atomic mass is 28.4. The predicted molar refractivity (Wildman–Crippen MR) is 196 cm³/mol. The number of hydrogen-bond donors (Lipinski definition) is 1. The molecule has 0 saturated carbocycles. The molecule has 0 aliphatic heterocycles. The Morgan fingerprint density at radius 2 is 1.50 bits per heavy atom. The van der Waals surface area contributed by atoms with Crippen LogP contribution in [-0.2, 0) is 14.0 Å². The molecule has 0 unspecified atom stereocenters. The van der Waals surface area contributed by atoms with Gasteiger partial charge >= 0.3 is 5.97 Å². The van der Waals surface area contributed by atoms with Gasteiger partial charge in [0, 0.05) is 6.10 Å². The maximum Gasteiger partial charge on any atom is 0.311 e. The Balaban J connectivity index is 2.11. The predicted octanol–water partition coefficient (Wildman–Crippen LogP) is 8.65. The first-order valence-corrected chi connectivity index (χ1v) is 19.1. The van der Waals surface area contributed by atoms with Crippen molar-refractivity contribution in [3.05, 3.63) is 97.6 Å². The van der Waals surface area contributed by atoms with Crippen LogP contribution in [0, 0.1) is 29.1 Å². The van der Waals surface area contributed by atoms with Gasteiger partial charge in [-0.05, 0) is 92.5 Å². The van der Waals surface area contributed by atoms with Gasteiger partial charge in [-0.2, -0.15) is 0 Å². The smallest absolute Gasteiger partial charge is 0.311 e. The van der Waals surface area contributed by atoms with E-state index in [0.717, 1.165) is 19.3 Å². The SMILES string of the molecule is C=CC[C@H](C[C@H]1C(C)=CC[C@H](C(C)C)[C@H]1C[C@H](OC(=O)C(C)(C)C)[C@@H](O)C=C)O[Si](c1ccccc1)(c1ccccc1)C(C)(C)C. The Hall–Kier alpha value is -2.73. The van der Waals surface area contributed by atoms with Crippen LogP contribution >= 0.6 is 0 Å². The van der Waals surface area contributed by atoms with Crippen LogP contribution in [0.2, 0.25) is 5.04 Å². The van der Waals surface area contributed by atoms with E-state index in [4.69, 9.17) is 9.16 Å². The third-order valence-electron chi connectivity index (χ3n) is 9.92. The number of allylic oxidation sites excluding steroid dienone is 2. The molecule has 0 aromatic heterocycles. The van der Waals surface area contributed by atoms with E-state index < -0.39 is 25.9 Å². The van der Waals surface area contributed by atoms with Gasteiger partial charge in [0.05, 0.1) is 5.41 Å². The lowest BCUT2D eigenvalue weighted by Crippen LogP contribution is -2.67. The van der Waals surface area contributed by atoms with Gasteiger partial charge in [-0.15, -0.1) is 13.2 Å². The largest absolute Gasteiger partial charge is 0.459 e. The molecule has 1 aliphatic rings. The number of benzene rings is 2. The molecular formula is C41H60O4Si. The highest BCUT2D eigenvalue weighted by Crippen LogP contribution is 2.46. The van der Waals surface area contributed by atoms with Gasteiger partial charge in [0.2, 0.25) is 0 Å². The molecule has 0 heterocycles. The number of carbonyl (C=O) groups excluding carboxylic acids is 1. The molecule has 5 heteroatoms. The first kappa shape index (κ1) is 37.7. The van der Waals surface area contributed by atoms with Crippen molar-refractivity contribution in [1.82, 2.24) is 0 Å². The monoisotopic (exact) mass is 644 g/mol. The molecule has 46 heavy (non-hydrogen) atoms. The summed E-state index contributed by atoms with van der Waals surface area (Å²) in [5, 5.41) is 13.4. The number of ether oxygens (including phenoxy) is 1. The van der Waals surface area contributed by atoms with Crippen molar-refractivity contribution in [2.45, 2.75) is 111 Å². The maximum absolute atomic E-state index is 13.1. The van der Waals surface area contributed by atoms with Crippen LogP contribution in [0.3, 0.4) is 0 Å². The van der Waals surface area contributed by atoms with Crippen LogP contribution in [0.4, 0.5) is 0 Å². The zero-order valence-electron chi connectivity index (χ0n) is 30.0. The standard InChI is InChI=1S/C41H60O4Si/c1-12-20-31(45-46(41(9,10)11,32-21-16-14-17-22-32)33-23-18-15-19-24-33)27-35-30(5)25-26-34(29(3)4)36(35)28-38(37(42)13-2)44-39(43)40(6,7)8/h12-19,21-25,29,31,34-38,42H,1-2,20,26-28H2,3-11H3/t31-,34-,35+,36-,37+,38+/m1/s1. The van der Waals surface area contributed by atoms with Crippen LogP contribution in [0.15, 0.2) is 97.6 Å². The minimum absolute atomic E-state index is 0.0783. The summed E-state index contributed by atoms with van der Waals surface area (Å²) < 4.78 is 13.7. The van der Waals surface area contributed by atoms with Crippen LogP contribution in [0.1, 0.15) is 88.0 Å². The van der Waals surface area contributed by atoms with Gasteiger partial charge in [-0.3, -0.25) is 4.79 Å². The molecule has 0 fully saturated rings. The lowest BCUT2D eigenvalue weighted by molar-refractivity contribution is -0.165. The second kappa shape index (κ2) is 15.9. The van der Waals surface area contributed by atoms with Crippen molar-refractivity contribution in [1.29, 1.82) is 0 Å². The molecular weight excluding hydrogens is 585 g/mol. The van der Waals surface area contributed by atoms with E-state index in [9.17, 15) is 9.90 Å². The van der Waals surface area contributed by atoms with Crippen LogP contribution in [0.5, 0.6) is 0 Å². The lowest BCUT2D eigenvalue weighted by atomic mass is 9.64. The van der Waals surface area contributed by atoms with Crippen molar-refractivity contribution < 1.29 is 19.1 Å². The molecule has 1 aliphatic carbocycles. The summed E-state index contributed by atoms with van der Waals surface area (Å²) in [6.07, 6.45) is 7.28. The number of carbonyl (C=O) groups is 1. The fraction of sp³-hybridized carbons (Fsp3) is 0.537. The molecule has 1 N–H and O–H groups in total. The molecule has 0 bridgehead atoms. The summed E-state index contributed by atoms with van der Waals surface area (Å²) in [6, 6.07) is 21.6. The average Bonchev–Trinajstić information content (AvgIpc) is 3.00. The van der Waals surface area contributed by atoms with E-state index in [-0.39, 0.29) is 28.9 Å². The number of aliphatic hydroxyl groups excluding tert-OH is 1. The molecule has 2 aromatic rings. The van der Waals surface area contributed by atoms with Crippen molar-refractivity contribution >= 4 is 24.7 Å². The van der Waals surface area contributed by atoms with Gasteiger partial charge in [-0.25, -0.2) is 0 Å². The molecule has 4 nitrogen and oxygen atoms in total. The molecule has 252 valence electrons. The van der Waals surface area contributed by atoms with Gasteiger partial charge < -0.3 is 14.3 Å². The second-order valence-electron chi connectivity index (χ2n) is 15.7. The van der Waals surface area contributed by atoms with Crippen molar-refractivity contribution in [2.75, 3.05) is 0 Å². The van der Waals surface area contributed by atoms with Gasteiger partial charge in [0.1, 0.15) is 12.2 Å². The topological polar surface area (TPSA) is 55.8 Å². The van der Waals surface area contributed by atoms with Crippen molar-refractivity contribution in [3.8, 4) is 0 Å². The summed E-state index contributed by atoms with van der Waals surface area (Å²) in [7, 11) is -2.81. The molecule has 0 saturated heterocycles. The zero-order valence-corrected chi connectivity index (χ0v) is 31.0. The third kappa shape index (κ3) is 8.79. The van der Waals surface area contributed by atoms with E-state index in [2.05, 4.69) is 121 Å². The summed E-state index contributed by atoms with van der Waals surface area (Å²) in [5.74, 6) is 0.870. The van der Waals surface area contributed by atoms with E-state index >= 15 is 0 Å². The molecule has 0 spiro atoms. The summed E-state index contributed by atoms with van der Waals surface area (Å²) in [6.45, 7) is 27.3. The van der Waals surface area contributed by atoms with Gasteiger partial charge in [0.15, 0.2) is 0 Å². The number of rotatable bonds is 14. The summed E-state index contributed by atoms with van der Waals surface area (Å²) >= 11 is 0. The minimum Gasteiger partial charge on any atom is -0.459 e. The molecule has 0 amide bonds. The Labute approximate surface area is 281 Å². The van der Waals surface area contributed by atoms with E-state index in [0.29, 0.717) is 18.3 Å². The molecule has 2 aromatic carbocycles. The first-order chi connectivity index (χ1) is 21.6. The van der Waals surface area contributed by atoms with Gasteiger partial charge in [0.25, 0.3) is 8.32 Å². The maximum atomic E-state index is 13.1. The Kier molecular flexibility index (Phi) is 13.0. The number of aliphatic hydroxyl groups is 1. The minimum atomic E-state index is -2.81. The van der Waals surface area contributed by atoms with E-state index in [1.54, 1.807) is 0 Å². The highest BCUT2D eigenvalue weighted by molar-refractivity contribution is 6.99. The normalized spacial score (nSPS) is 21.2. The fourth-order valence-electron chi connectivity index (χ4n) is 7.34. The quantitative estimate of drug-likeness (QED) is 0.127. The van der Waals surface area contributed by atoms with E-state index in [1.165, 1.54) is 22.0 Å².